The van der Waals surface area contributed by atoms with Crippen LogP contribution in [-0.2, 0) is 16.1 Å². The number of amides is 2. The summed E-state index contributed by atoms with van der Waals surface area (Å²) in [5.41, 5.74) is 7.11. The molecule has 0 aliphatic carbocycles. The molecule has 0 atom stereocenters. The van der Waals surface area contributed by atoms with E-state index >= 15 is 0 Å². The van der Waals surface area contributed by atoms with E-state index in [1.54, 1.807) is 17.0 Å². The molecule has 1 saturated heterocycles. The maximum atomic E-state index is 11.3. The van der Waals surface area contributed by atoms with Crippen LogP contribution in [0.2, 0.25) is 5.02 Å². The van der Waals surface area contributed by atoms with Crippen molar-refractivity contribution in [1.82, 2.24) is 5.32 Å². The third-order valence-corrected chi connectivity index (χ3v) is 2.86. The Morgan fingerprint density at radius 2 is 1.94 bits per heavy atom. The molecule has 2 rings (SSSR count). The highest BCUT2D eigenvalue weighted by atomic mass is 35.5. The van der Waals surface area contributed by atoms with Gasteiger partial charge in [-0.25, -0.2) is 0 Å². The molecule has 0 radical (unpaired) electrons. The number of halogens is 1. The van der Waals surface area contributed by atoms with E-state index in [1.807, 2.05) is 6.07 Å². The molecular weight excluding hydrogens is 242 g/mol. The van der Waals surface area contributed by atoms with Gasteiger partial charge in [0.15, 0.2) is 0 Å². The fourth-order valence-electron chi connectivity index (χ4n) is 1.87. The smallest absolute Gasteiger partial charge is 0.246 e. The van der Waals surface area contributed by atoms with E-state index in [-0.39, 0.29) is 24.9 Å². The van der Waals surface area contributed by atoms with Crippen molar-refractivity contribution in [1.29, 1.82) is 0 Å². The van der Waals surface area contributed by atoms with Gasteiger partial charge in [0.2, 0.25) is 11.8 Å². The molecule has 1 aliphatic heterocycles. The normalized spacial score (nSPS) is 16.0. The summed E-state index contributed by atoms with van der Waals surface area (Å²) in [4.78, 5) is 24.3. The second-order valence-electron chi connectivity index (χ2n) is 3.78. The lowest BCUT2D eigenvalue weighted by molar-refractivity contribution is -0.130. The summed E-state index contributed by atoms with van der Waals surface area (Å²) in [7, 11) is 0. The van der Waals surface area contributed by atoms with Gasteiger partial charge in [0.1, 0.15) is 0 Å². The Balaban J connectivity index is 2.39. The van der Waals surface area contributed by atoms with Gasteiger partial charge in [-0.2, -0.15) is 0 Å². The largest absolute Gasteiger partial charge is 0.351 e. The number of rotatable bonds is 2. The molecule has 0 unspecified atom stereocenters. The maximum Gasteiger partial charge on any atom is 0.246 e. The van der Waals surface area contributed by atoms with Crippen molar-refractivity contribution in [2.24, 2.45) is 5.73 Å². The monoisotopic (exact) mass is 253 g/mol. The first-order valence-electron chi connectivity index (χ1n) is 5.17. The van der Waals surface area contributed by atoms with Crippen molar-refractivity contribution in [3.05, 3.63) is 28.8 Å². The van der Waals surface area contributed by atoms with Crippen LogP contribution in [0, 0.1) is 0 Å². The number of carbonyl (C=O) groups excluding carboxylic acids is 2. The molecule has 1 aromatic carbocycles. The average Bonchev–Trinajstić information content (AvgIpc) is 2.27. The van der Waals surface area contributed by atoms with Crippen LogP contribution in [0.15, 0.2) is 18.2 Å². The number of hydrogen-bond acceptors (Lipinski definition) is 4. The van der Waals surface area contributed by atoms with Gasteiger partial charge in [-0.05, 0) is 11.6 Å². The minimum atomic E-state index is -0.329. The second-order valence-corrected chi connectivity index (χ2v) is 4.19. The zero-order chi connectivity index (χ0) is 12.4. The first kappa shape index (κ1) is 11.9. The average molecular weight is 254 g/mol. The van der Waals surface area contributed by atoms with Gasteiger partial charge in [-0.1, -0.05) is 23.7 Å². The highest BCUT2D eigenvalue weighted by Gasteiger charge is 2.25. The molecule has 0 aromatic heterocycles. The van der Waals surface area contributed by atoms with Crippen molar-refractivity contribution in [3.63, 3.8) is 0 Å². The van der Waals surface area contributed by atoms with E-state index in [4.69, 9.17) is 17.3 Å². The topological polar surface area (TPSA) is 75.4 Å². The van der Waals surface area contributed by atoms with E-state index in [2.05, 4.69) is 5.32 Å². The van der Waals surface area contributed by atoms with Gasteiger partial charge < -0.3 is 10.6 Å². The number of hydrogen-bond donors (Lipinski definition) is 2. The van der Waals surface area contributed by atoms with Crippen molar-refractivity contribution >= 4 is 29.1 Å². The molecule has 0 saturated carbocycles. The van der Waals surface area contributed by atoms with Crippen molar-refractivity contribution in [2.45, 2.75) is 6.54 Å². The number of nitrogens with zero attached hydrogens (tertiary/aromatic N) is 1. The molecule has 1 aliphatic rings. The van der Waals surface area contributed by atoms with Gasteiger partial charge in [-0.15, -0.1) is 0 Å². The van der Waals surface area contributed by atoms with Crippen LogP contribution in [0.25, 0.3) is 0 Å². The van der Waals surface area contributed by atoms with Crippen LogP contribution >= 0.6 is 11.6 Å². The number of piperazine rings is 1. The molecule has 1 fully saturated rings. The third-order valence-electron chi connectivity index (χ3n) is 2.55. The highest BCUT2D eigenvalue weighted by molar-refractivity contribution is 6.33. The fourth-order valence-corrected chi connectivity index (χ4v) is 2.19. The SMILES string of the molecule is NCc1cccc(Cl)c1N1CC(=O)NC(=O)C1. The Bertz CT molecular complexity index is 460. The lowest BCUT2D eigenvalue weighted by Gasteiger charge is -2.29. The van der Waals surface area contributed by atoms with E-state index in [9.17, 15) is 9.59 Å². The molecule has 2 amide bonds. The third kappa shape index (κ3) is 2.40. The van der Waals surface area contributed by atoms with Crippen LogP contribution in [-0.4, -0.2) is 24.9 Å². The van der Waals surface area contributed by atoms with E-state index < -0.39 is 0 Å². The molecular formula is C11H12ClN3O2. The summed E-state index contributed by atoms with van der Waals surface area (Å²) < 4.78 is 0. The van der Waals surface area contributed by atoms with E-state index in [0.717, 1.165) is 5.56 Å². The molecule has 1 aromatic rings. The lowest BCUT2D eigenvalue weighted by Crippen LogP contribution is -2.51. The van der Waals surface area contributed by atoms with Gasteiger partial charge in [0.25, 0.3) is 0 Å². The fraction of sp³-hybridized carbons (Fsp3) is 0.273. The van der Waals surface area contributed by atoms with Crippen LogP contribution in [0.3, 0.4) is 0 Å². The predicted octanol–water partition coefficient (Wildman–Crippen LogP) is 0.261. The standard InChI is InChI=1S/C11H12ClN3O2/c12-8-3-1-2-7(4-13)11(8)15-5-9(16)14-10(17)6-15/h1-3H,4-6,13H2,(H,14,16,17). The molecule has 0 spiro atoms. The minimum absolute atomic E-state index is 0.114. The van der Waals surface area contributed by atoms with Gasteiger partial charge in [-0.3, -0.25) is 14.9 Å². The molecule has 5 nitrogen and oxygen atoms in total. The van der Waals surface area contributed by atoms with Crippen LogP contribution in [0.1, 0.15) is 5.56 Å². The molecule has 0 bridgehead atoms. The van der Waals surface area contributed by atoms with Crippen LogP contribution in [0.4, 0.5) is 5.69 Å². The van der Waals surface area contributed by atoms with E-state index in [0.29, 0.717) is 17.3 Å². The molecule has 17 heavy (non-hydrogen) atoms. The zero-order valence-electron chi connectivity index (χ0n) is 9.07. The van der Waals surface area contributed by atoms with Crippen molar-refractivity contribution < 1.29 is 9.59 Å². The summed E-state index contributed by atoms with van der Waals surface area (Å²) in [5, 5.41) is 2.74. The van der Waals surface area contributed by atoms with Crippen molar-refractivity contribution in [3.8, 4) is 0 Å². The molecule has 90 valence electrons. The lowest BCUT2D eigenvalue weighted by atomic mass is 10.1. The zero-order valence-corrected chi connectivity index (χ0v) is 9.83. The summed E-state index contributed by atoms with van der Waals surface area (Å²) >= 11 is 6.10. The van der Waals surface area contributed by atoms with Gasteiger partial charge >= 0.3 is 0 Å². The Morgan fingerprint density at radius 1 is 1.29 bits per heavy atom. The summed E-state index contributed by atoms with van der Waals surface area (Å²) in [5.74, 6) is -0.659. The summed E-state index contributed by atoms with van der Waals surface area (Å²) in [6.45, 7) is 0.535. The molecule has 1 heterocycles. The number of benzene rings is 1. The van der Waals surface area contributed by atoms with Gasteiger partial charge in [0, 0.05) is 6.54 Å². The number of imide groups is 1. The Labute approximate surface area is 104 Å². The number of carbonyl (C=O) groups is 2. The predicted molar refractivity (Wildman–Crippen MR) is 64.7 cm³/mol. The quantitative estimate of drug-likeness (QED) is 0.742. The minimum Gasteiger partial charge on any atom is -0.351 e. The summed E-state index contributed by atoms with van der Waals surface area (Å²) in [6, 6.07) is 5.34. The number of para-hydroxylation sites is 1. The number of nitrogens with two attached hydrogens (primary N) is 1. The molecule has 6 heteroatoms. The first-order chi connectivity index (χ1) is 8.11. The summed E-state index contributed by atoms with van der Waals surface area (Å²) in [6.07, 6.45) is 0. The molecule has 3 N–H and O–H groups in total. The number of nitrogens with one attached hydrogen (secondary N) is 1. The maximum absolute atomic E-state index is 11.3. The Kier molecular flexibility index (Phi) is 3.31. The Morgan fingerprint density at radius 3 is 2.53 bits per heavy atom. The van der Waals surface area contributed by atoms with Crippen molar-refractivity contribution in [2.75, 3.05) is 18.0 Å². The van der Waals surface area contributed by atoms with Crippen LogP contribution < -0.4 is 16.0 Å². The first-order valence-corrected chi connectivity index (χ1v) is 5.54. The number of anilines is 1. The van der Waals surface area contributed by atoms with Crippen LogP contribution in [0.5, 0.6) is 0 Å². The van der Waals surface area contributed by atoms with E-state index in [1.165, 1.54) is 0 Å². The second kappa shape index (κ2) is 4.73. The Hall–Kier alpha value is -1.59. The van der Waals surface area contributed by atoms with Gasteiger partial charge in [0.05, 0.1) is 23.8 Å². The highest BCUT2D eigenvalue weighted by Crippen LogP contribution is 2.30.